The molecule has 0 aliphatic rings. The van der Waals surface area contributed by atoms with Crippen molar-refractivity contribution in [3.8, 4) is 0 Å². The van der Waals surface area contributed by atoms with Crippen LogP contribution in [0.3, 0.4) is 0 Å². The zero-order valence-corrected chi connectivity index (χ0v) is 21.6. The standard InChI is InChI=1S/C25H34BN5O7/c1-16(22(32)27-3)29-24(34)21(14-28-13-19-11-7-8-12-20(19)26(36)37)31-23(33)17(2)30-25(35)38-15-18-9-5-4-6-10-18/h4-12,16-17,21,28,36-37H,13-15H2,1-3H3,(H,27,32)(H,29,34)(H,30,35)(H,31,33). The van der Waals surface area contributed by atoms with Crippen LogP contribution in [0.4, 0.5) is 4.79 Å². The molecular weight excluding hydrogens is 493 g/mol. The van der Waals surface area contributed by atoms with Gasteiger partial charge in [-0.1, -0.05) is 54.6 Å². The normalized spacial score (nSPS) is 12.9. The van der Waals surface area contributed by atoms with E-state index in [2.05, 4.69) is 26.6 Å². The summed E-state index contributed by atoms with van der Waals surface area (Å²) in [5, 5.41) is 32.1. The molecule has 204 valence electrons. The largest absolute Gasteiger partial charge is 0.488 e. The summed E-state index contributed by atoms with van der Waals surface area (Å²) in [5.74, 6) is -1.70. The molecular formula is C25H34BN5O7. The van der Waals surface area contributed by atoms with Gasteiger partial charge in [0.05, 0.1) is 0 Å². The summed E-state index contributed by atoms with van der Waals surface area (Å²) < 4.78 is 5.13. The lowest BCUT2D eigenvalue weighted by Gasteiger charge is -2.23. The van der Waals surface area contributed by atoms with Crippen molar-refractivity contribution in [2.45, 2.75) is 45.1 Å². The lowest BCUT2D eigenvalue weighted by molar-refractivity contribution is -0.132. The van der Waals surface area contributed by atoms with Crippen molar-refractivity contribution < 1.29 is 34.0 Å². The molecule has 2 aromatic rings. The smallest absolute Gasteiger partial charge is 0.445 e. The third-order valence-corrected chi connectivity index (χ3v) is 5.57. The second-order valence-corrected chi connectivity index (χ2v) is 8.54. The van der Waals surface area contributed by atoms with Crippen LogP contribution in [0, 0.1) is 0 Å². The highest BCUT2D eigenvalue weighted by atomic mass is 16.5. The van der Waals surface area contributed by atoms with Gasteiger partial charge in [-0.3, -0.25) is 14.4 Å². The molecule has 4 amide bonds. The van der Waals surface area contributed by atoms with Crippen LogP contribution in [0.1, 0.15) is 25.0 Å². The molecule has 0 spiro atoms. The summed E-state index contributed by atoms with van der Waals surface area (Å²) in [6.07, 6.45) is -0.803. The van der Waals surface area contributed by atoms with E-state index in [4.69, 9.17) is 4.74 Å². The highest BCUT2D eigenvalue weighted by Gasteiger charge is 2.27. The number of ether oxygens (including phenoxy) is 1. The van der Waals surface area contributed by atoms with E-state index in [-0.39, 0.29) is 19.7 Å². The van der Waals surface area contributed by atoms with Crippen molar-refractivity contribution >= 4 is 36.4 Å². The molecule has 2 rings (SSSR count). The maximum absolute atomic E-state index is 12.9. The zero-order chi connectivity index (χ0) is 28.1. The van der Waals surface area contributed by atoms with Crippen LogP contribution in [0.5, 0.6) is 0 Å². The average molecular weight is 527 g/mol. The zero-order valence-electron chi connectivity index (χ0n) is 21.6. The number of benzene rings is 2. The molecule has 0 aliphatic carbocycles. The van der Waals surface area contributed by atoms with Gasteiger partial charge in [0.2, 0.25) is 17.7 Å². The maximum atomic E-state index is 12.9. The molecule has 0 aromatic heterocycles. The maximum Gasteiger partial charge on any atom is 0.488 e. The molecule has 0 radical (unpaired) electrons. The molecule has 0 heterocycles. The molecule has 0 fully saturated rings. The summed E-state index contributed by atoms with van der Waals surface area (Å²) in [5.41, 5.74) is 1.66. The molecule has 7 N–H and O–H groups in total. The van der Waals surface area contributed by atoms with Gasteiger partial charge < -0.3 is 41.4 Å². The molecule has 38 heavy (non-hydrogen) atoms. The predicted octanol–water partition coefficient (Wildman–Crippen LogP) is -1.49. The van der Waals surface area contributed by atoms with Crippen molar-refractivity contribution in [3.63, 3.8) is 0 Å². The van der Waals surface area contributed by atoms with Crippen molar-refractivity contribution in [3.05, 3.63) is 65.7 Å². The van der Waals surface area contributed by atoms with Crippen molar-refractivity contribution in [1.29, 1.82) is 0 Å². The number of carbonyl (C=O) groups excluding carboxylic acids is 4. The van der Waals surface area contributed by atoms with Gasteiger partial charge in [-0.15, -0.1) is 0 Å². The number of nitrogens with one attached hydrogen (secondary N) is 5. The first kappa shape index (κ1) is 30.3. The summed E-state index contributed by atoms with van der Waals surface area (Å²) in [7, 11) is -0.239. The van der Waals surface area contributed by atoms with Gasteiger partial charge in [0.15, 0.2) is 0 Å². The topological polar surface area (TPSA) is 178 Å². The number of hydrogen-bond donors (Lipinski definition) is 7. The first-order valence-electron chi connectivity index (χ1n) is 12.1. The van der Waals surface area contributed by atoms with E-state index in [1.807, 2.05) is 6.07 Å². The minimum absolute atomic E-state index is 0.0252. The molecule has 3 atom stereocenters. The number of carbonyl (C=O) groups is 4. The quantitative estimate of drug-likeness (QED) is 0.154. The third kappa shape index (κ3) is 9.84. The van der Waals surface area contributed by atoms with Crippen molar-refractivity contribution in [1.82, 2.24) is 26.6 Å². The van der Waals surface area contributed by atoms with Crippen LogP contribution < -0.4 is 32.0 Å². The summed E-state index contributed by atoms with van der Waals surface area (Å²) >= 11 is 0. The van der Waals surface area contributed by atoms with E-state index in [1.165, 1.54) is 20.9 Å². The minimum Gasteiger partial charge on any atom is -0.445 e. The first-order chi connectivity index (χ1) is 18.1. The van der Waals surface area contributed by atoms with Gasteiger partial charge in [0, 0.05) is 20.1 Å². The molecule has 0 saturated carbocycles. The van der Waals surface area contributed by atoms with E-state index in [0.717, 1.165) is 5.56 Å². The van der Waals surface area contributed by atoms with Gasteiger partial charge in [0.1, 0.15) is 24.7 Å². The Hall–Kier alpha value is -3.94. The molecule has 12 nitrogen and oxygen atoms in total. The fourth-order valence-corrected chi connectivity index (χ4v) is 3.41. The van der Waals surface area contributed by atoms with Crippen LogP contribution >= 0.6 is 0 Å². The number of hydrogen-bond acceptors (Lipinski definition) is 8. The molecule has 0 bridgehead atoms. The van der Waals surface area contributed by atoms with E-state index < -0.39 is 49.1 Å². The van der Waals surface area contributed by atoms with Crippen molar-refractivity contribution in [2.75, 3.05) is 13.6 Å². The van der Waals surface area contributed by atoms with Gasteiger partial charge >= 0.3 is 13.2 Å². The van der Waals surface area contributed by atoms with Crippen LogP contribution in [-0.4, -0.2) is 72.7 Å². The Balaban J connectivity index is 2.00. The van der Waals surface area contributed by atoms with Gasteiger partial charge in [-0.25, -0.2) is 4.79 Å². The Morgan fingerprint density at radius 3 is 2.13 bits per heavy atom. The second-order valence-electron chi connectivity index (χ2n) is 8.54. The lowest BCUT2D eigenvalue weighted by Crippen LogP contribution is -2.58. The highest BCUT2D eigenvalue weighted by molar-refractivity contribution is 6.59. The molecule has 0 saturated heterocycles. The fraction of sp³-hybridized carbons (Fsp3) is 0.360. The Kier molecular flexibility index (Phi) is 12.2. The van der Waals surface area contributed by atoms with Crippen molar-refractivity contribution in [2.24, 2.45) is 0 Å². The predicted molar refractivity (Wildman–Crippen MR) is 141 cm³/mol. The Morgan fingerprint density at radius 2 is 1.47 bits per heavy atom. The minimum atomic E-state index is -1.67. The molecule has 13 heteroatoms. The summed E-state index contributed by atoms with van der Waals surface area (Å²) in [6, 6.07) is 12.7. The van der Waals surface area contributed by atoms with Crippen LogP contribution in [-0.2, 0) is 32.3 Å². The number of amides is 4. The van der Waals surface area contributed by atoms with Crippen LogP contribution in [0.25, 0.3) is 0 Å². The molecule has 0 aliphatic heterocycles. The SMILES string of the molecule is CNC(=O)C(C)NC(=O)C(CNCc1ccccc1B(O)O)NC(=O)C(C)NC(=O)OCc1ccccc1. The fourth-order valence-electron chi connectivity index (χ4n) is 3.41. The third-order valence-electron chi connectivity index (χ3n) is 5.57. The first-order valence-corrected chi connectivity index (χ1v) is 12.1. The van der Waals surface area contributed by atoms with E-state index in [9.17, 15) is 29.2 Å². The number of likely N-dealkylation sites (N-methyl/N-ethyl adjacent to an activating group) is 1. The number of rotatable bonds is 13. The monoisotopic (exact) mass is 527 g/mol. The Bertz CT molecular complexity index is 1090. The molecule has 2 aromatic carbocycles. The molecule has 3 unspecified atom stereocenters. The van der Waals surface area contributed by atoms with Gasteiger partial charge in [-0.05, 0) is 30.4 Å². The summed E-state index contributed by atoms with van der Waals surface area (Å²) in [4.78, 5) is 49.7. The highest BCUT2D eigenvalue weighted by Crippen LogP contribution is 2.01. The Labute approximate surface area is 221 Å². The Morgan fingerprint density at radius 1 is 0.842 bits per heavy atom. The van der Waals surface area contributed by atoms with Gasteiger partial charge in [-0.2, -0.15) is 0 Å². The van der Waals surface area contributed by atoms with E-state index in [1.54, 1.807) is 48.5 Å². The summed E-state index contributed by atoms with van der Waals surface area (Å²) in [6.45, 7) is 3.07. The van der Waals surface area contributed by atoms with E-state index >= 15 is 0 Å². The lowest BCUT2D eigenvalue weighted by atomic mass is 9.77. The number of alkyl carbamates (subject to hydrolysis) is 1. The second kappa shape index (κ2) is 15.3. The van der Waals surface area contributed by atoms with Crippen LogP contribution in [0.2, 0.25) is 0 Å². The average Bonchev–Trinajstić information content (AvgIpc) is 2.91. The van der Waals surface area contributed by atoms with Crippen LogP contribution in [0.15, 0.2) is 54.6 Å². The van der Waals surface area contributed by atoms with Gasteiger partial charge in [0.25, 0.3) is 0 Å². The van der Waals surface area contributed by atoms with E-state index in [0.29, 0.717) is 11.0 Å².